The second-order valence-electron chi connectivity index (χ2n) is 3.74. The van der Waals surface area contributed by atoms with Gasteiger partial charge in [-0.2, -0.15) is 0 Å². The number of nitrogens with zero attached hydrogens (tertiary/aromatic N) is 1. The first kappa shape index (κ1) is 10.3. The Labute approximate surface area is 97.3 Å². The summed E-state index contributed by atoms with van der Waals surface area (Å²) in [6, 6.07) is 0. The average molecular weight is 273 g/mol. The fourth-order valence-electron chi connectivity index (χ4n) is 1.50. The second kappa shape index (κ2) is 4.11. The van der Waals surface area contributed by atoms with Gasteiger partial charge in [0.2, 0.25) is 0 Å². The normalized spacial score (nSPS) is 15.9. The van der Waals surface area contributed by atoms with E-state index in [1.165, 1.54) is 18.5 Å². The summed E-state index contributed by atoms with van der Waals surface area (Å²) < 4.78 is 1.67. The zero-order chi connectivity index (χ0) is 10.1. The minimum Gasteiger partial charge on any atom is -0.346 e. The zero-order valence-corrected chi connectivity index (χ0v) is 10.5. The maximum absolute atomic E-state index is 5.21. The van der Waals surface area contributed by atoms with Crippen molar-refractivity contribution in [1.82, 2.24) is 9.97 Å². The summed E-state index contributed by atoms with van der Waals surface area (Å²) in [4.78, 5) is 7.78. The summed E-state index contributed by atoms with van der Waals surface area (Å²) in [5, 5.41) is 0. The third-order valence-corrected chi connectivity index (χ3v) is 3.83. The molecular formula is C10H13BrN2S. The van der Waals surface area contributed by atoms with Gasteiger partial charge in [0.1, 0.15) is 10.5 Å². The lowest BCUT2D eigenvalue weighted by Gasteiger charge is -2.06. The van der Waals surface area contributed by atoms with Gasteiger partial charge in [-0.25, -0.2) is 4.98 Å². The summed E-state index contributed by atoms with van der Waals surface area (Å²) in [7, 11) is 0. The molecule has 0 spiro atoms. The lowest BCUT2D eigenvalue weighted by molar-refractivity contribution is 0.817. The van der Waals surface area contributed by atoms with Crippen LogP contribution in [0.5, 0.6) is 0 Å². The van der Waals surface area contributed by atoms with Gasteiger partial charge in [-0.1, -0.05) is 25.6 Å². The van der Waals surface area contributed by atoms with E-state index in [1.807, 2.05) is 0 Å². The van der Waals surface area contributed by atoms with Crippen LogP contribution in [0.4, 0.5) is 0 Å². The summed E-state index contributed by atoms with van der Waals surface area (Å²) in [6.07, 6.45) is 4.67. The molecule has 76 valence electrons. The average Bonchev–Trinajstić information content (AvgIpc) is 2.96. The predicted molar refractivity (Wildman–Crippen MR) is 63.1 cm³/mol. The van der Waals surface area contributed by atoms with Gasteiger partial charge in [-0.05, 0) is 35.2 Å². The van der Waals surface area contributed by atoms with Crippen LogP contribution in [0.2, 0.25) is 0 Å². The minimum absolute atomic E-state index is 0.639. The smallest absolute Gasteiger partial charge is 0.144 e. The Morgan fingerprint density at radius 2 is 2.29 bits per heavy atom. The molecule has 1 saturated carbocycles. The summed E-state index contributed by atoms with van der Waals surface area (Å²) >= 11 is 8.70. The largest absolute Gasteiger partial charge is 0.346 e. The molecule has 0 saturated heterocycles. The number of hydrogen-bond acceptors (Lipinski definition) is 2. The number of aromatic amines is 1. The highest BCUT2D eigenvalue weighted by Gasteiger charge is 2.26. The summed E-state index contributed by atoms with van der Waals surface area (Å²) in [6.45, 7) is 2.17. The van der Waals surface area contributed by atoms with Gasteiger partial charge >= 0.3 is 0 Å². The standard InChI is InChI=1S/C10H13BrN2S/c1-2-3-7-8(11)10(14)13-9(12-7)6-4-5-6/h6H,2-5H2,1H3,(H,12,13,14). The van der Waals surface area contributed by atoms with Gasteiger partial charge in [-0.3, -0.25) is 0 Å². The van der Waals surface area contributed by atoms with E-state index in [9.17, 15) is 0 Å². The molecule has 14 heavy (non-hydrogen) atoms. The molecular weight excluding hydrogens is 260 g/mol. The first-order valence-electron chi connectivity index (χ1n) is 5.01. The van der Waals surface area contributed by atoms with Crippen LogP contribution in [0.1, 0.15) is 43.6 Å². The van der Waals surface area contributed by atoms with Crippen LogP contribution in [0, 0.1) is 4.64 Å². The molecule has 0 aliphatic heterocycles. The van der Waals surface area contributed by atoms with Crippen molar-refractivity contribution in [2.45, 2.75) is 38.5 Å². The number of H-pyrrole nitrogens is 1. The van der Waals surface area contributed by atoms with Crippen molar-refractivity contribution in [3.05, 3.63) is 20.6 Å². The third kappa shape index (κ3) is 2.06. The van der Waals surface area contributed by atoms with E-state index in [-0.39, 0.29) is 0 Å². The van der Waals surface area contributed by atoms with E-state index >= 15 is 0 Å². The Morgan fingerprint density at radius 3 is 2.86 bits per heavy atom. The van der Waals surface area contributed by atoms with Crippen LogP contribution in [0.3, 0.4) is 0 Å². The highest BCUT2D eigenvalue weighted by molar-refractivity contribution is 9.10. The number of halogens is 1. The molecule has 0 atom stereocenters. The Morgan fingerprint density at radius 1 is 1.57 bits per heavy atom. The SMILES string of the molecule is CCCc1[nH]c(C2CC2)nc(=S)c1Br. The van der Waals surface area contributed by atoms with Crippen molar-refractivity contribution in [3.8, 4) is 0 Å². The van der Waals surface area contributed by atoms with Crippen LogP contribution in [0.15, 0.2) is 4.47 Å². The van der Waals surface area contributed by atoms with Crippen LogP contribution < -0.4 is 0 Å². The van der Waals surface area contributed by atoms with Crippen molar-refractivity contribution in [1.29, 1.82) is 0 Å². The number of rotatable bonds is 3. The minimum atomic E-state index is 0.639. The van der Waals surface area contributed by atoms with Gasteiger partial charge < -0.3 is 4.98 Å². The van der Waals surface area contributed by atoms with E-state index in [4.69, 9.17) is 12.2 Å². The van der Waals surface area contributed by atoms with Gasteiger partial charge in [0.05, 0.1) is 4.47 Å². The fourth-order valence-corrected chi connectivity index (χ4v) is 2.10. The molecule has 1 aromatic rings. The van der Waals surface area contributed by atoms with Crippen LogP contribution in [0.25, 0.3) is 0 Å². The van der Waals surface area contributed by atoms with E-state index in [2.05, 4.69) is 32.8 Å². The third-order valence-electron chi connectivity index (χ3n) is 2.42. The molecule has 0 unspecified atom stereocenters. The van der Waals surface area contributed by atoms with Crippen molar-refractivity contribution in [2.75, 3.05) is 0 Å². The van der Waals surface area contributed by atoms with E-state index in [1.54, 1.807) is 0 Å². The molecule has 1 N–H and O–H groups in total. The number of aromatic nitrogens is 2. The summed E-state index contributed by atoms with van der Waals surface area (Å²) in [5.41, 5.74) is 1.20. The molecule has 4 heteroatoms. The molecule has 1 heterocycles. The second-order valence-corrected chi connectivity index (χ2v) is 4.92. The molecule has 2 rings (SSSR count). The van der Waals surface area contributed by atoms with Crippen molar-refractivity contribution < 1.29 is 0 Å². The maximum atomic E-state index is 5.21. The highest BCUT2D eigenvalue weighted by atomic mass is 79.9. The Bertz CT molecular complexity index is 396. The molecule has 2 nitrogen and oxygen atoms in total. The molecule has 0 aromatic carbocycles. The zero-order valence-electron chi connectivity index (χ0n) is 8.14. The first-order valence-corrected chi connectivity index (χ1v) is 6.21. The highest BCUT2D eigenvalue weighted by Crippen LogP contribution is 2.38. The number of nitrogens with one attached hydrogen (secondary N) is 1. The van der Waals surface area contributed by atoms with Crippen LogP contribution in [-0.4, -0.2) is 9.97 Å². The quantitative estimate of drug-likeness (QED) is 0.850. The van der Waals surface area contributed by atoms with E-state index < -0.39 is 0 Å². The molecule has 1 fully saturated rings. The molecule has 0 bridgehead atoms. The Hall–Kier alpha value is -0.220. The van der Waals surface area contributed by atoms with Crippen LogP contribution >= 0.6 is 28.1 Å². The predicted octanol–water partition coefficient (Wildman–Crippen LogP) is 3.73. The monoisotopic (exact) mass is 272 g/mol. The lowest BCUT2D eigenvalue weighted by atomic mass is 10.2. The van der Waals surface area contributed by atoms with Crippen molar-refractivity contribution in [3.63, 3.8) is 0 Å². The van der Waals surface area contributed by atoms with E-state index in [0.29, 0.717) is 10.6 Å². The van der Waals surface area contributed by atoms with Gasteiger partial charge in [0.25, 0.3) is 0 Å². The maximum Gasteiger partial charge on any atom is 0.144 e. The fraction of sp³-hybridized carbons (Fsp3) is 0.600. The molecule has 0 radical (unpaired) electrons. The van der Waals surface area contributed by atoms with Crippen molar-refractivity contribution >= 4 is 28.1 Å². The van der Waals surface area contributed by atoms with Crippen molar-refractivity contribution in [2.24, 2.45) is 0 Å². The topological polar surface area (TPSA) is 28.7 Å². The Kier molecular flexibility index (Phi) is 3.02. The molecule has 1 aliphatic rings. The molecule has 0 amide bonds. The van der Waals surface area contributed by atoms with E-state index in [0.717, 1.165) is 23.1 Å². The van der Waals surface area contributed by atoms with Gasteiger partial charge in [0.15, 0.2) is 0 Å². The summed E-state index contributed by atoms with van der Waals surface area (Å²) in [5.74, 6) is 1.72. The molecule has 1 aromatic heterocycles. The van der Waals surface area contributed by atoms with Gasteiger partial charge in [-0.15, -0.1) is 0 Å². The number of hydrogen-bond donors (Lipinski definition) is 1. The lowest BCUT2D eigenvalue weighted by Crippen LogP contribution is -2.00. The molecule has 1 aliphatic carbocycles. The van der Waals surface area contributed by atoms with Crippen LogP contribution in [-0.2, 0) is 6.42 Å². The first-order chi connectivity index (χ1) is 6.72. The number of aryl methyl sites for hydroxylation is 1. The van der Waals surface area contributed by atoms with Gasteiger partial charge in [0, 0.05) is 11.6 Å². The Balaban J connectivity index is 2.41.